The zero-order chi connectivity index (χ0) is 8.84. The summed E-state index contributed by atoms with van der Waals surface area (Å²) in [7, 11) is 0. The topological polar surface area (TPSA) is 26.3 Å². The Labute approximate surface area is 78.0 Å². The lowest BCUT2D eigenvalue weighted by Crippen LogP contribution is -2.03. The molecule has 1 heterocycles. The number of fused-ring (bicyclic) bond motifs is 1. The zero-order valence-corrected chi connectivity index (χ0v) is 7.71. The molecule has 0 unspecified atom stereocenters. The van der Waals surface area contributed by atoms with Gasteiger partial charge in [0.25, 0.3) is 0 Å². The van der Waals surface area contributed by atoms with Crippen molar-refractivity contribution in [2.24, 2.45) is 11.8 Å². The van der Waals surface area contributed by atoms with Crippen LogP contribution < -0.4 is 0 Å². The molecule has 70 valence electrons. The van der Waals surface area contributed by atoms with Crippen molar-refractivity contribution in [3.63, 3.8) is 0 Å². The molecule has 0 aromatic heterocycles. The van der Waals surface area contributed by atoms with Crippen molar-refractivity contribution in [1.82, 2.24) is 0 Å². The van der Waals surface area contributed by atoms with Crippen molar-refractivity contribution in [3.05, 3.63) is 11.1 Å². The minimum Gasteiger partial charge on any atom is -0.465 e. The van der Waals surface area contributed by atoms with Crippen LogP contribution in [0.5, 0.6) is 0 Å². The summed E-state index contributed by atoms with van der Waals surface area (Å²) >= 11 is 0. The average molecular weight is 178 g/mol. The van der Waals surface area contributed by atoms with Gasteiger partial charge < -0.3 is 4.74 Å². The Morgan fingerprint density at radius 2 is 1.92 bits per heavy atom. The Hall–Kier alpha value is -0.790. The molecule has 1 aliphatic heterocycles. The van der Waals surface area contributed by atoms with E-state index in [0.717, 1.165) is 0 Å². The normalized spacial score (nSPS) is 37.4. The van der Waals surface area contributed by atoms with Crippen molar-refractivity contribution < 1.29 is 9.53 Å². The van der Waals surface area contributed by atoms with E-state index in [0.29, 0.717) is 12.5 Å². The van der Waals surface area contributed by atoms with Crippen LogP contribution in [-0.2, 0) is 9.53 Å². The van der Waals surface area contributed by atoms with Crippen LogP contribution >= 0.6 is 0 Å². The van der Waals surface area contributed by atoms with Crippen molar-refractivity contribution >= 4 is 5.97 Å². The molecular weight excluding hydrogens is 164 g/mol. The van der Waals surface area contributed by atoms with E-state index < -0.39 is 0 Å². The molecule has 1 saturated heterocycles. The van der Waals surface area contributed by atoms with Crippen LogP contribution in [0.15, 0.2) is 11.1 Å². The molecule has 0 spiro atoms. The first-order valence-corrected chi connectivity index (χ1v) is 5.26. The third kappa shape index (κ3) is 1.04. The first-order valence-electron chi connectivity index (χ1n) is 5.26. The highest BCUT2D eigenvalue weighted by atomic mass is 16.5. The van der Waals surface area contributed by atoms with Gasteiger partial charge in [-0.25, -0.2) is 0 Å². The monoisotopic (exact) mass is 178 g/mol. The fraction of sp³-hybridized carbons (Fsp3) is 0.727. The van der Waals surface area contributed by atoms with Gasteiger partial charge in [-0.3, -0.25) is 4.79 Å². The van der Waals surface area contributed by atoms with E-state index in [4.69, 9.17) is 4.74 Å². The maximum atomic E-state index is 11.2. The second-order valence-electron chi connectivity index (χ2n) is 4.33. The van der Waals surface area contributed by atoms with Crippen LogP contribution in [-0.4, -0.2) is 12.6 Å². The lowest BCUT2D eigenvalue weighted by Gasteiger charge is -2.13. The largest absolute Gasteiger partial charge is 0.465 e. The number of carbonyl (C=O) groups excluding carboxylic acids is 1. The van der Waals surface area contributed by atoms with Gasteiger partial charge >= 0.3 is 5.97 Å². The molecule has 3 aliphatic rings. The Morgan fingerprint density at radius 1 is 1.15 bits per heavy atom. The summed E-state index contributed by atoms with van der Waals surface area (Å²) < 4.78 is 4.96. The third-order valence-corrected chi connectivity index (χ3v) is 3.55. The highest BCUT2D eigenvalue weighted by Crippen LogP contribution is 2.54. The number of carbonyl (C=O) groups is 1. The second kappa shape index (κ2) is 2.60. The highest BCUT2D eigenvalue weighted by Gasteiger charge is 2.56. The van der Waals surface area contributed by atoms with Gasteiger partial charge in [0, 0.05) is 5.92 Å². The van der Waals surface area contributed by atoms with Crippen LogP contribution in [0.1, 0.15) is 32.1 Å². The van der Waals surface area contributed by atoms with Crippen molar-refractivity contribution in [2.75, 3.05) is 6.61 Å². The van der Waals surface area contributed by atoms with Gasteiger partial charge in [0.1, 0.15) is 0 Å². The summed E-state index contributed by atoms with van der Waals surface area (Å²) in [5.74, 6) is 0.742. The Morgan fingerprint density at radius 3 is 2.54 bits per heavy atom. The second-order valence-corrected chi connectivity index (χ2v) is 4.33. The predicted octanol–water partition coefficient (Wildman–Crippen LogP) is 2.05. The van der Waals surface area contributed by atoms with Gasteiger partial charge in [-0.2, -0.15) is 0 Å². The number of hydrogen-bond acceptors (Lipinski definition) is 2. The molecule has 2 aliphatic carbocycles. The van der Waals surface area contributed by atoms with Crippen LogP contribution in [0.2, 0.25) is 0 Å². The van der Waals surface area contributed by atoms with E-state index in [9.17, 15) is 4.79 Å². The van der Waals surface area contributed by atoms with Gasteiger partial charge in [-0.05, 0) is 31.3 Å². The molecule has 2 atom stereocenters. The van der Waals surface area contributed by atoms with Crippen LogP contribution in [0, 0.1) is 11.8 Å². The Bertz CT molecular complexity index is 282. The molecule has 3 rings (SSSR count). The number of ether oxygens (including phenoxy) is 1. The molecule has 2 nitrogen and oxygen atoms in total. The lowest BCUT2D eigenvalue weighted by atomic mass is 9.93. The number of allylic oxidation sites excluding steroid dienone is 1. The molecule has 13 heavy (non-hydrogen) atoms. The van der Waals surface area contributed by atoms with Crippen LogP contribution in [0.25, 0.3) is 0 Å². The summed E-state index contributed by atoms with van der Waals surface area (Å²) in [6.45, 7) is 0.669. The summed E-state index contributed by atoms with van der Waals surface area (Å²) in [4.78, 5) is 11.2. The zero-order valence-electron chi connectivity index (χ0n) is 7.71. The van der Waals surface area contributed by atoms with Gasteiger partial charge in [0.05, 0.1) is 12.5 Å². The van der Waals surface area contributed by atoms with Crippen molar-refractivity contribution in [2.45, 2.75) is 32.1 Å². The quantitative estimate of drug-likeness (QED) is 0.419. The number of esters is 1. The van der Waals surface area contributed by atoms with Crippen LogP contribution in [0.4, 0.5) is 0 Å². The Kier molecular flexibility index (Phi) is 1.52. The van der Waals surface area contributed by atoms with E-state index in [1.165, 1.54) is 37.7 Å². The van der Waals surface area contributed by atoms with E-state index in [2.05, 4.69) is 0 Å². The van der Waals surface area contributed by atoms with E-state index in [-0.39, 0.29) is 11.9 Å². The van der Waals surface area contributed by atoms with E-state index in [1.807, 2.05) is 0 Å². The lowest BCUT2D eigenvalue weighted by molar-refractivity contribution is -0.140. The maximum absolute atomic E-state index is 11.2. The standard InChI is InChI=1S/C11H14O2/c12-11-10-8(6-13-11)9(10)7-4-2-1-3-5-7/h8,10H,1-6H2/t8-,10+/m1/s1. The van der Waals surface area contributed by atoms with Crippen LogP contribution in [0.3, 0.4) is 0 Å². The van der Waals surface area contributed by atoms with E-state index >= 15 is 0 Å². The molecule has 2 heteroatoms. The molecule has 0 N–H and O–H groups in total. The van der Waals surface area contributed by atoms with Gasteiger partial charge in [0.15, 0.2) is 0 Å². The minimum absolute atomic E-state index is 0.0399. The minimum atomic E-state index is 0.0399. The average Bonchev–Trinajstić information content (AvgIpc) is 2.80. The molecule has 0 aromatic carbocycles. The molecule has 3 fully saturated rings. The van der Waals surface area contributed by atoms with Gasteiger partial charge in [-0.1, -0.05) is 12.0 Å². The third-order valence-electron chi connectivity index (χ3n) is 3.55. The SMILES string of the molecule is O=C1OC[C@@H]2C(=C3CCCCC3)[C@@H]12. The van der Waals surface area contributed by atoms with Crippen molar-refractivity contribution in [3.8, 4) is 0 Å². The first-order chi connectivity index (χ1) is 6.38. The smallest absolute Gasteiger partial charge is 0.313 e. The fourth-order valence-corrected chi connectivity index (χ4v) is 2.81. The summed E-state index contributed by atoms with van der Waals surface area (Å²) in [6, 6.07) is 0. The highest BCUT2D eigenvalue weighted by molar-refractivity contribution is 5.85. The fourth-order valence-electron chi connectivity index (χ4n) is 2.81. The first kappa shape index (κ1) is 7.60. The molecular formula is C11H14O2. The molecule has 0 aromatic rings. The summed E-state index contributed by atoms with van der Waals surface area (Å²) in [6.07, 6.45) is 6.52. The van der Waals surface area contributed by atoms with Gasteiger partial charge in [0.2, 0.25) is 0 Å². The van der Waals surface area contributed by atoms with Gasteiger partial charge in [-0.15, -0.1) is 0 Å². The predicted molar refractivity (Wildman–Crippen MR) is 48.1 cm³/mol. The molecule has 0 amide bonds. The maximum Gasteiger partial charge on any atom is 0.313 e. The number of hydrogen-bond donors (Lipinski definition) is 0. The summed E-state index contributed by atoms with van der Waals surface area (Å²) in [5.41, 5.74) is 3.06. The molecule has 2 saturated carbocycles. The molecule has 0 radical (unpaired) electrons. The number of rotatable bonds is 0. The summed E-state index contributed by atoms with van der Waals surface area (Å²) in [5, 5.41) is 0. The number of cyclic esters (lactones) is 1. The van der Waals surface area contributed by atoms with E-state index in [1.54, 1.807) is 5.57 Å². The Balaban J connectivity index is 1.83. The molecule has 0 bridgehead atoms. The van der Waals surface area contributed by atoms with Crippen molar-refractivity contribution in [1.29, 1.82) is 0 Å².